The van der Waals surface area contributed by atoms with Crippen molar-refractivity contribution in [2.45, 2.75) is 37.3 Å². The van der Waals surface area contributed by atoms with E-state index in [1.165, 1.54) is 15.8 Å². The van der Waals surface area contributed by atoms with Gasteiger partial charge in [0.25, 0.3) is 0 Å². The molecule has 2 aromatic rings. The first-order valence-corrected chi connectivity index (χ1v) is 11.1. The summed E-state index contributed by atoms with van der Waals surface area (Å²) >= 11 is 1.85. The van der Waals surface area contributed by atoms with Crippen LogP contribution in [0, 0.1) is 6.92 Å². The van der Waals surface area contributed by atoms with Crippen molar-refractivity contribution in [3.8, 4) is 0 Å². The Labute approximate surface area is 121 Å². The lowest BCUT2D eigenvalue weighted by Gasteiger charge is -2.16. The van der Waals surface area contributed by atoms with E-state index in [1.807, 2.05) is 30.4 Å². The molecule has 0 saturated heterocycles. The van der Waals surface area contributed by atoms with Gasteiger partial charge in [0, 0.05) is 12.8 Å². The van der Waals surface area contributed by atoms with Crippen LogP contribution in [0.2, 0.25) is 19.6 Å². The van der Waals surface area contributed by atoms with Crippen LogP contribution in [-0.2, 0) is 12.8 Å². The molecule has 0 fully saturated rings. The van der Waals surface area contributed by atoms with Gasteiger partial charge in [0.05, 0.1) is 18.8 Å². The van der Waals surface area contributed by atoms with Crippen molar-refractivity contribution in [2.75, 3.05) is 0 Å². The number of hydrogen-bond donors (Lipinski definition) is 0. The molecule has 0 unspecified atom stereocenters. The van der Waals surface area contributed by atoms with Gasteiger partial charge in [-0.1, -0.05) is 49.1 Å². The minimum atomic E-state index is -1.17. The van der Waals surface area contributed by atoms with Crippen LogP contribution in [0.3, 0.4) is 0 Å². The second kappa shape index (κ2) is 5.55. The summed E-state index contributed by atoms with van der Waals surface area (Å²) in [5.74, 6) is 1.00. The van der Waals surface area contributed by atoms with E-state index in [4.69, 9.17) is 0 Å². The topological polar surface area (TPSA) is 17.8 Å². The van der Waals surface area contributed by atoms with Gasteiger partial charge in [0.2, 0.25) is 0 Å². The molecule has 0 bridgehead atoms. The van der Waals surface area contributed by atoms with Crippen LogP contribution < -0.4 is 5.19 Å². The molecule has 0 aliphatic carbocycles. The van der Waals surface area contributed by atoms with Gasteiger partial charge in [-0.05, 0) is 18.6 Å². The Balaban J connectivity index is 2.02. The van der Waals surface area contributed by atoms with Crippen LogP contribution in [0.5, 0.6) is 0 Å². The van der Waals surface area contributed by atoms with Gasteiger partial charge in [-0.3, -0.25) is 4.68 Å². The van der Waals surface area contributed by atoms with Crippen LogP contribution in [0.25, 0.3) is 0 Å². The zero-order valence-corrected chi connectivity index (χ0v) is 14.2. The summed E-state index contributed by atoms with van der Waals surface area (Å²) in [6, 6.07) is 11.3. The molecule has 2 rings (SSSR count). The molecule has 0 spiro atoms. The molecule has 0 amide bonds. The normalized spacial score (nSPS) is 11.8. The largest absolute Gasteiger partial charge is 0.262 e. The predicted octanol–water partition coefficient (Wildman–Crippen LogP) is 3.57. The van der Waals surface area contributed by atoms with E-state index in [0.29, 0.717) is 0 Å². The van der Waals surface area contributed by atoms with E-state index >= 15 is 0 Å². The van der Waals surface area contributed by atoms with Gasteiger partial charge in [0.1, 0.15) is 0 Å². The van der Waals surface area contributed by atoms with E-state index < -0.39 is 8.07 Å². The van der Waals surface area contributed by atoms with Crippen molar-refractivity contribution in [3.63, 3.8) is 0 Å². The molecule has 4 heteroatoms. The molecule has 2 nitrogen and oxygen atoms in total. The van der Waals surface area contributed by atoms with E-state index in [-0.39, 0.29) is 0 Å². The molecule has 1 aromatic heterocycles. The van der Waals surface area contributed by atoms with Crippen LogP contribution in [-0.4, -0.2) is 17.9 Å². The maximum absolute atomic E-state index is 4.37. The Morgan fingerprint density at radius 2 is 1.79 bits per heavy atom. The minimum absolute atomic E-state index is 1.00. The van der Waals surface area contributed by atoms with Crippen molar-refractivity contribution >= 4 is 25.0 Å². The smallest absolute Gasteiger partial charge is 0.0942 e. The highest BCUT2D eigenvalue weighted by atomic mass is 32.2. The molecule has 102 valence electrons. The number of thioether (sulfide) groups is 1. The summed E-state index contributed by atoms with van der Waals surface area (Å²) in [4.78, 5) is 0. The molecule has 19 heavy (non-hydrogen) atoms. The molecule has 0 saturated carbocycles. The average molecular weight is 291 g/mol. The van der Waals surface area contributed by atoms with Crippen LogP contribution >= 0.6 is 11.8 Å². The minimum Gasteiger partial charge on any atom is -0.262 e. The molecular formula is C15H22N2SSi. The lowest BCUT2D eigenvalue weighted by molar-refractivity contribution is 0.692. The highest BCUT2D eigenvalue weighted by molar-refractivity contribution is 7.98. The SMILES string of the molecule is Cc1cc(SCc2ccc([Si](C)(C)C)cc2)n(C)n1. The Morgan fingerprint density at radius 1 is 1.16 bits per heavy atom. The van der Waals surface area contributed by atoms with E-state index in [2.05, 4.69) is 55.1 Å². The number of nitrogens with zero attached hydrogens (tertiary/aromatic N) is 2. The summed E-state index contributed by atoms with van der Waals surface area (Å²) in [7, 11) is 0.834. The Morgan fingerprint density at radius 3 is 2.26 bits per heavy atom. The van der Waals surface area contributed by atoms with Gasteiger partial charge >= 0.3 is 0 Å². The monoisotopic (exact) mass is 290 g/mol. The van der Waals surface area contributed by atoms with E-state index in [1.54, 1.807) is 0 Å². The van der Waals surface area contributed by atoms with Crippen molar-refractivity contribution in [1.82, 2.24) is 9.78 Å². The van der Waals surface area contributed by atoms with Gasteiger partial charge < -0.3 is 0 Å². The van der Waals surface area contributed by atoms with Crippen LogP contribution in [0.1, 0.15) is 11.3 Å². The van der Waals surface area contributed by atoms with Crippen molar-refractivity contribution in [3.05, 3.63) is 41.6 Å². The highest BCUT2D eigenvalue weighted by Gasteiger charge is 2.15. The highest BCUT2D eigenvalue weighted by Crippen LogP contribution is 2.22. The van der Waals surface area contributed by atoms with Gasteiger partial charge in [-0.25, -0.2) is 0 Å². The molecule has 0 atom stereocenters. The maximum Gasteiger partial charge on any atom is 0.0942 e. The standard InChI is InChI=1S/C15H22N2SSi/c1-12-10-15(17(2)16-12)18-11-13-6-8-14(9-7-13)19(3,4)5/h6-10H,11H2,1-5H3. The lowest BCUT2D eigenvalue weighted by Crippen LogP contribution is -2.37. The summed E-state index contributed by atoms with van der Waals surface area (Å²) in [6.45, 7) is 9.19. The summed E-state index contributed by atoms with van der Waals surface area (Å²) in [5.41, 5.74) is 2.46. The van der Waals surface area contributed by atoms with Crippen molar-refractivity contribution < 1.29 is 0 Å². The first-order valence-electron chi connectivity index (χ1n) is 6.59. The summed E-state index contributed by atoms with van der Waals surface area (Å²) in [6.07, 6.45) is 0. The van der Waals surface area contributed by atoms with Crippen molar-refractivity contribution in [1.29, 1.82) is 0 Å². The van der Waals surface area contributed by atoms with Gasteiger partial charge in [0.15, 0.2) is 0 Å². The Bertz CT molecular complexity index is 553. The first kappa shape index (κ1) is 14.4. The third-order valence-electron chi connectivity index (χ3n) is 3.17. The second-order valence-electron chi connectivity index (χ2n) is 5.98. The number of hydrogen-bond acceptors (Lipinski definition) is 2. The fraction of sp³-hybridized carbons (Fsp3) is 0.400. The van der Waals surface area contributed by atoms with Crippen molar-refractivity contribution in [2.24, 2.45) is 7.05 Å². The predicted molar refractivity (Wildman–Crippen MR) is 86.9 cm³/mol. The Kier molecular flexibility index (Phi) is 4.21. The zero-order chi connectivity index (χ0) is 14.0. The van der Waals surface area contributed by atoms with E-state index in [9.17, 15) is 0 Å². The van der Waals surface area contributed by atoms with Crippen LogP contribution in [0.4, 0.5) is 0 Å². The third kappa shape index (κ3) is 3.73. The molecular weight excluding hydrogens is 268 g/mol. The van der Waals surface area contributed by atoms with Gasteiger partial charge in [-0.2, -0.15) is 5.10 Å². The van der Waals surface area contributed by atoms with Gasteiger partial charge in [-0.15, -0.1) is 11.8 Å². The molecule has 0 N–H and O–H groups in total. The quantitative estimate of drug-likeness (QED) is 0.633. The maximum atomic E-state index is 4.37. The molecule has 0 aliphatic heterocycles. The second-order valence-corrected chi connectivity index (χ2v) is 12.1. The fourth-order valence-electron chi connectivity index (χ4n) is 1.98. The Hall–Kier alpha value is -1.00. The first-order chi connectivity index (χ1) is 8.86. The number of aryl methyl sites for hydroxylation is 2. The number of benzene rings is 1. The zero-order valence-electron chi connectivity index (χ0n) is 12.4. The lowest BCUT2D eigenvalue weighted by atomic mass is 10.2. The molecule has 1 aromatic carbocycles. The van der Waals surface area contributed by atoms with E-state index in [0.717, 1.165) is 11.4 Å². The van der Waals surface area contributed by atoms with Crippen LogP contribution in [0.15, 0.2) is 35.4 Å². The average Bonchev–Trinajstić information content (AvgIpc) is 2.65. The molecule has 1 heterocycles. The molecule has 0 aliphatic rings. The molecule has 0 radical (unpaired) electrons. The summed E-state index contributed by atoms with van der Waals surface area (Å²) in [5, 5.41) is 7.13. The third-order valence-corrected chi connectivity index (χ3v) is 6.39. The summed E-state index contributed by atoms with van der Waals surface area (Å²) < 4.78 is 1.95. The fourth-order valence-corrected chi connectivity index (χ4v) is 4.14. The number of aromatic nitrogens is 2. The number of rotatable bonds is 4.